The predicted octanol–water partition coefficient (Wildman–Crippen LogP) is 3.94. The third-order valence-corrected chi connectivity index (χ3v) is 3.79. The molecule has 24 heavy (non-hydrogen) atoms. The van der Waals surface area contributed by atoms with Crippen LogP contribution < -0.4 is 5.32 Å². The van der Waals surface area contributed by atoms with Crippen LogP contribution in [0.2, 0.25) is 0 Å². The molecule has 0 bridgehead atoms. The Hall–Kier alpha value is -1.42. The lowest BCUT2D eigenvalue weighted by Gasteiger charge is -2.36. The molecule has 1 aromatic carbocycles. The van der Waals surface area contributed by atoms with Crippen molar-refractivity contribution in [1.29, 1.82) is 0 Å². The first-order chi connectivity index (χ1) is 11.0. The van der Waals surface area contributed by atoms with E-state index in [0.717, 1.165) is 4.90 Å². The van der Waals surface area contributed by atoms with E-state index in [9.17, 15) is 35.1 Å². The zero-order valence-corrected chi connectivity index (χ0v) is 12.2. The van der Waals surface area contributed by atoms with E-state index in [1.807, 2.05) is 0 Å². The lowest BCUT2D eigenvalue weighted by atomic mass is 9.95. The molecule has 1 heterocycles. The number of hydrogen-bond donors (Lipinski definition) is 1. The Morgan fingerprint density at radius 1 is 0.917 bits per heavy atom. The lowest BCUT2D eigenvalue weighted by Crippen LogP contribution is -2.47. The summed E-state index contributed by atoms with van der Waals surface area (Å²) in [5.41, 5.74) is -3.90. The number of hydrogen-bond acceptors (Lipinski definition) is 2. The third-order valence-electron chi connectivity index (χ3n) is 3.79. The average Bonchev–Trinajstić information content (AvgIpc) is 2.46. The van der Waals surface area contributed by atoms with Gasteiger partial charge in [-0.2, -0.15) is 26.3 Å². The molecule has 0 unspecified atom stereocenters. The van der Waals surface area contributed by atoms with E-state index in [2.05, 4.69) is 5.32 Å². The average molecular weight is 362 g/mol. The summed E-state index contributed by atoms with van der Waals surface area (Å²) in [5.74, 6) is 0. The second-order valence-corrected chi connectivity index (χ2v) is 5.36. The summed E-state index contributed by atoms with van der Waals surface area (Å²) in [6.07, 6.45) is -13.2. The van der Waals surface area contributed by atoms with E-state index in [-0.39, 0.29) is 44.4 Å². The van der Waals surface area contributed by atoms with Gasteiger partial charge in [0.25, 0.3) is 6.43 Å². The van der Waals surface area contributed by atoms with E-state index in [4.69, 9.17) is 0 Å². The van der Waals surface area contributed by atoms with E-state index in [0.29, 0.717) is 0 Å². The summed E-state index contributed by atoms with van der Waals surface area (Å²) >= 11 is 0. The van der Waals surface area contributed by atoms with E-state index in [1.165, 1.54) is 0 Å². The Morgan fingerprint density at radius 3 is 1.96 bits per heavy atom. The first kappa shape index (κ1) is 18.9. The quantitative estimate of drug-likeness (QED) is 0.820. The summed E-state index contributed by atoms with van der Waals surface area (Å²) in [6, 6.07) is -1.39. The summed E-state index contributed by atoms with van der Waals surface area (Å²) in [5, 5.41) is 2.85. The molecule has 10 heteroatoms. The summed E-state index contributed by atoms with van der Waals surface area (Å²) in [4.78, 5) is 1.08. The highest BCUT2D eigenvalue weighted by Gasteiger charge is 2.42. The molecule has 1 aromatic rings. The van der Waals surface area contributed by atoms with Gasteiger partial charge in [0.1, 0.15) is 0 Å². The molecule has 0 aromatic heterocycles. The molecule has 2 rings (SSSR count). The van der Waals surface area contributed by atoms with Crippen LogP contribution >= 0.6 is 0 Å². The molecular formula is C14H14F8N2. The first-order valence-electron chi connectivity index (χ1n) is 7.03. The fraction of sp³-hybridized carbons (Fsp3) is 0.571. The van der Waals surface area contributed by atoms with Crippen molar-refractivity contribution in [1.82, 2.24) is 10.2 Å². The van der Waals surface area contributed by atoms with Crippen LogP contribution in [0.3, 0.4) is 0 Å². The second kappa shape index (κ2) is 6.83. The molecule has 0 spiro atoms. The molecule has 1 saturated heterocycles. The van der Waals surface area contributed by atoms with Gasteiger partial charge in [-0.15, -0.1) is 0 Å². The lowest BCUT2D eigenvalue weighted by molar-refractivity contribution is -0.143. The van der Waals surface area contributed by atoms with Crippen molar-refractivity contribution in [2.24, 2.45) is 0 Å². The molecule has 0 amide bonds. The molecule has 2 nitrogen and oxygen atoms in total. The molecule has 1 atom stereocenters. The second-order valence-electron chi connectivity index (χ2n) is 5.36. The number of rotatable bonds is 3. The van der Waals surface area contributed by atoms with Crippen molar-refractivity contribution in [3.8, 4) is 0 Å². The number of nitrogens with one attached hydrogen (secondary N) is 1. The van der Waals surface area contributed by atoms with Crippen LogP contribution in [0.15, 0.2) is 18.2 Å². The zero-order chi connectivity index (χ0) is 18.1. The van der Waals surface area contributed by atoms with Crippen LogP contribution in [0, 0.1) is 0 Å². The largest absolute Gasteiger partial charge is 0.416 e. The number of piperazine rings is 1. The fourth-order valence-corrected chi connectivity index (χ4v) is 2.69. The van der Waals surface area contributed by atoms with Crippen LogP contribution in [0.5, 0.6) is 0 Å². The van der Waals surface area contributed by atoms with Gasteiger partial charge in [-0.1, -0.05) is 0 Å². The minimum Gasteiger partial charge on any atom is -0.314 e. The van der Waals surface area contributed by atoms with Crippen molar-refractivity contribution in [3.05, 3.63) is 34.9 Å². The van der Waals surface area contributed by atoms with E-state index >= 15 is 0 Å². The van der Waals surface area contributed by atoms with Crippen molar-refractivity contribution in [3.63, 3.8) is 0 Å². The Balaban J connectivity index is 2.57. The number of halogens is 8. The topological polar surface area (TPSA) is 15.3 Å². The van der Waals surface area contributed by atoms with Crippen LogP contribution in [0.25, 0.3) is 0 Å². The molecule has 0 radical (unpaired) electrons. The molecule has 1 N–H and O–H groups in total. The Morgan fingerprint density at radius 2 is 1.50 bits per heavy atom. The maximum Gasteiger partial charge on any atom is 0.416 e. The molecule has 0 aliphatic carbocycles. The van der Waals surface area contributed by atoms with Gasteiger partial charge in [0.05, 0.1) is 17.2 Å². The standard InChI is InChI=1S/C14H14F8N2/c15-12(16)11(24-5-3-23-4-6-24)9-7-8(13(17,18)19)1-2-10(9)14(20,21)22/h1-2,7,11-12,23H,3-6H2/t11-/m0/s1. The number of nitrogens with zero attached hydrogens (tertiary/aromatic N) is 1. The minimum atomic E-state index is -5.03. The summed E-state index contributed by atoms with van der Waals surface area (Å²) in [6.45, 7) is 0.568. The summed E-state index contributed by atoms with van der Waals surface area (Å²) < 4.78 is 105. The van der Waals surface area contributed by atoms with Gasteiger partial charge in [-0.3, -0.25) is 4.90 Å². The van der Waals surface area contributed by atoms with Crippen LogP contribution in [-0.4, -0.2) is 37.5 Å². The Kier molecular flexibility index (Phi) is 5.38. The first-order valence-corrected chi connectivity index (χ1v) is 7.03. The fourth-order valence-electron chi connectivity index (χ4n) is 2.69. The van der Waals surface area contributed by atoms with Gasteiger partial charge < -0.3 is 5.32 Å². The van der Waals surface area contributed by atoms with Gasteiger partial charge in [-0.25, -0.2) is 8.78 Å². The SMILES string of the molecule is FC(F)[C@H](c1cc(C(F)(F)F)ccc1C(F)(F)F)N1CCNCC1. The van der Waals surface area contributed by atoms with Gasteiger partial charge in [-0.05, 0) is 23.8 Å². The van der Waals surface area contributed by atoms with Crippen molar-refractivity contribution in [2.75, 3.05) is 26.2 Å². The molecule has 1 aliphatic rings. The molecular weight excluding hydrogens is 348 g/mol. The third kappa shape index (κ3) is 4.15. The van der Waals surface area contributed by atoms with Crippen LogP contribution in [0.1, 0.15) is 22.7 Å². The molecule has 1 aliphatic heterocycles. The molecule has 0 saturated carbocycles. The normalized spacial score (nSPS) is 18.9. The summed E-state index contributed by atoms with van der Waals surface area (Å²) in [7, 11) is 0. The van der Waals surface area contributed by atoms with Crippen molar-refractivity contribution >= 4 is 0 Å². The van der Waals surface area contributed by atoms with Crippen molar-refractivity contribution < 1.29 is 35.1 Å². The van der Waals surface area contributed by atoms with Gasteiger partial charge in [0.15, 0.2) is 0 Å². The highest BCUT2D eigenvalue weighted by Crippen LogP contribution is 2.41. The van der Waals surface area contributed by atoms with E-state index < -0.39 is 41.5 Å². The van der Waals surface area contributed by atoms with E-state index in [1.54, 1.807) is 0 Å². The highest BCUT2D eigenvalue weighted by molar-refractivity contribution is 5.38. The van der Waals surface area contributed by atoms with Crippen LogP contribution in [0.4, 0.5) is 35.1 Å². The minimum absolute atomic E-state index is 0.0164. The van der Waals surface area contributed by atoms with Crippen LogP contribution in [-0.2, 0) is 12.4 Å². The van der Waals surface area contributed by atoms with Crippen molar-refractivity contribution in [2.45, 2.75) is 24.8 Å². The Labute approximate surface area is 132 Å². The predicted molar refractivity (Wildman–Crippen MR) is 69.6 cm³/mol. The maximum atomic E-state index is 13.5. The monoisotopic (exact) mass is 362 g/mol. The highest BCUT2D eigenvalue weighted by atomic mass is 19.4. The van der Waals surface area contributed by atoms with Gasteiger partial charge in [0.2, 0.25) is 0 Å². The molecule has 1 fully saturated rings. The number of alkyl halides is 8. The van der Waals surface area contributed by atoms with Gasteiger partial charge >= 0.3 is 12.4 Å². The smallest absolute Gasteiger partial charge is 0.314 e. The number of benzene rings is 1. The maximum absolute atomic E-state index is 13.5. The Bertz CT molecular complexity index is 561. The molecule has 136 valence electrons. The zero-order valence-electron chi connectivity index (χ0n) is 12.2. The van der Waals surface area contributed by atoms with Gasteiger partial charge in [0, 0.05) is 26.2 Å².